The van der Waals surface area contributed by atoms with E-state index in [-0.39, 0.29) is 22.2 Å². The van der Waals surface area contributed by atoms with Crippen molar-refractivity contribution >= 4 is 38.3 Å². The molecule has 0 unspecified atom stereocenters. The molecule has 0 atom stereocenters. The quantitative estimate of drug-likeness (QED) is 0.499. The molecule has 0 aliphatic carbocycles. The molecule has 7 heteroatoms. The Morgan fingerprint density at radius 3 is 2.62 bits per heavy atom. The van der Waals surface area contributed by atoms with E-state index in [0.717, 1.165) is 17.2 Å². The molecule has 0 saturated carbocycles. The number of nitrogens with zero attached hydrogens (tertiary/aromatic N) is 1. The maximum atomic E-state index is 12.4. The van der Waals surface area contributed by atoms with Crippen molar-refractivity contribution in [2.75, 3.05) is 6.26 Å². The van der Waals surface area contributed by atoms with Gasteiger partial charge in [0, 0.05) is 17.2 Å². The van der Waals surface area contributed by atoms with Gasteiger partial charge < -0.3 is 4.74 Å². The molecule has 0 aliphatic rings. The van der Waals surface area contributed by atoms with E-state index in [4.69, 9.17) is 16.3 Å². The first-order chi connectivity index (χ1) is 12.3. The predicted molar refractivity (Wildman–Crippen MR) is 100 cm³/mol. The van der Waals surface area contributed by atoms with Gasteiger partial charge in [-0.1, -0.05) is 35.9 Å². The number of pyridine rings is 1. The monoisotopic (exact) mass is 389 g/mol. The lowest BCUT2D eigenvalue weighted by atomic mass is 10.1. The molecule has 26 heavy (non-hydrogen) atoms. The Hall–Kier alpha value is -2.44. The molecule has 0 aliphatic heterocycles. The van der Waals surface area contributed by atoms with Crippen molar-refractivity contribution in [2.45, 2.75) is 18.4 Å². The molecule has 5 nitrogen and oxygen atoms in total. The van der Waals surface area contributed by atoms with Crippen LogP contribution in [-0.2, 0) is 21.2 Å². The third-order valence-electron chi connectivity index (χ3n) is 3.97. The SMILES string of the molecule is Cc1ccc(S(C)(=O)=O)cc1C(=O)OCc1cc2ccccc2nc1Cl. The number of fused-ring (bicyclic) bond motifs is 1. The number of aromatic nitrogens is 1. The molecular formula is C19H16ClNO4S. The van der Waals surface area contributed by atoms with E-state index in [2.05, 4.69) is 4.98 Å². The second kappa shape index (κ2) is 7.05. The van der Waals surface area contributed by atoms with Crippen LogP contribution in [0.5, 0.6) is 0 Å². The number of benzene rings is 2. The number of hydrogen-bond acceptors (Lipinski definition) is 5. The number of sulfone groups is 1. The van der Waals surface area contributed by atoms with Gasteiger partial charge in [-0.15, -0.1) is 0 Å². The van der Waals surface area contributed by atoms with Crippen LogP contribution in [0.4, 0.5) is 0 Å². The minimum absolute atomic E-state index is 0.0575. The van der Waals surface area contributed by atoms with E-state index < -0.39 is 15.8 Å². The van der Waals surface area contributed by atoms with Gasteiger partial charge in [-0.25, -0.2) is 18.2 Å². The van der Waals surface area contributed by atoms with E-state index in [1.54, 1.807) is 13.0 Å². The summed E-state index contributed by atoms with van der Waals surface area (Å²) in [4.78, 5) is 16.8. The van der Waals surface area contributed by atoms with Crippen molar-refractivity contribution in [1.82, 2.24) is 4.98 Å². The van der Waals surface area contributed by atoms with Crippen molar-refractivity contribution in [1.29, 1.82) is 0 Å². The first kappa shape index (κ1) is 18.4. The summed E-state index contributed by atoms with van der Waals surface area (Å²) in [5.41, 5.74) is 2.17. The molecule has 3 rings (SSSR count). The Morgan fingerprint density at radius 2 is 1.88 bits per heavy atom. The molecule has 0 spiro atoms. The van der Waals surface area contributed by atoms with E-state index in [9.17, 15) is 13.2 Å². The molecule has 2 aromatic carbocycles. The van der Waals surface area contributed by atoms with Gasteiger partial charge in [0.1, 0.15) is 11.8 Å². The molecule has 0 bridgehead atoms. The molecule has 1 heterocycles. The highest BCUT2D eigenvalue weighted by Crippen LogP contribution is 2.22. The average molecular weight is 390 g/mol. The fraction of sp³-hybridized carbons (Fsp3) is 0.158. The number of ether oxygens (including phenoxy) is 1. The summed E-state index contributed by atoms with van der Waals surface area (Å²) in [5.74, 6) is -0.614. The molecule has 1 aromatic heterocycles. The lowest BCUT2D eigenvalue weighted by Crippen LogP contribution is -2.09. The van der Waals surface area contributed by atoms with E-state index in [1.807, 2.05) is 30.3 Å². The van der Waals surface area contributed by atoms with E-state index in [0.29, 0.717) is 11.1 Å². The Balaban J connectivity index is 1.84. The Morgan fingerprint density at radius 1 is 1.15 bits per heavy atom. The third-order valence-corrected chi connectivity index (χ3v) is 5.40. The fourth-order valence-electron chi connectivity index (χ4n) is 2.51. The highest BCUT2D eigenvalue weighted by atomic mass is 35.5. The Labute approximate surface area is 156 Å². The zero-order valence-electron chi connectivity index (χ0n) is 14.2. The summed E-state index contributed by atoms with van der Waals surface area (Å²) in [5, 5.41) is 1.15. The highest BCUT2D eigenvalue weighted by Gasteiger charge is 2.16. The lowest BCUT2D eigenvalue weighted by Gasteiger charge is -2.10. The Bertz CT molecular complexity index is 1110. The van der Waals surface area contributed by atoms with Gasteiger partial charge in [0.15, 0.2) is 9.84 Å². The highest BCUT2D eigenvalue weighted by molar-refractivity contribution is 7.90. The topological polar surface area (TPSA) is 73.3 Å². The Kier molecular flexibility index (Phi) is 4.98. The van der Waals surface area contributed by atoms with Crippen LogP contribution in [0, 0.1) is 6.92 Å². The van der Waals surface area contributed by atoms with Gasteiger partial charge in [0.25, 0.3) is 0 Å². The average Bonchev–Trinajstić information content (AvgIpc) is 2.59. The molecule has 0 fully saturated rings. The van der Waals surface area contributed by atoms with Crippen LogP contribution >= 0.6 is 11.6 Å². The summed E-state index contributed by atoms with van der Waals surface area (Å²) in [6.45, 7) is 1.66. The van der Waals surface area contributed by atoms with Crippen molar-refractivity contribution in [3.63, 3.8) is 0 Å². The first-order valence-electron chi connectivity index (χ1n) is 7.78. The largest absolute Gasteiger partial charge is 0.457 e. The molecule has 0 saturated heterocycles. The second-order valence-electron chi connectivity index (χ2n) is 5.96. The fourth-order valence-corrected chi connectivity index (χ4v) is 3.36. The van der Waals surface area contributed by atoms with Crippen molar-refractivity contribution in [3.05, 3.63) is 70.4 Å². The summed E-state index contributed by atoms with van der Waals surface area (Å²) < 4.78 is 28.7. The van der Waals surface area contributed by atoms with Gasteiger partial charge in [0.2, 0.25) is 0 Å². The number of rotatable bonds is 4. The zero-order valence-corrected chi connectivity index (χ0v) is 15.8. The van der Waals surface area contributed by atoms with Gasteiger partial charge >= 0.3 is 5.97 Å². The maximum absolute atomic E-state index is 12.4. The van der Waals surface area contributed by atoms with Crippen LogP contribution in [-0.4, -0.2) is 25.6 Å². The third kappa shape index (κ3) is 3.86. The van der Waals surface area contributed by atoms with Crippen molar-refractivity contribution < 1.29 is 17.9 Å². The van der Waals surface area contributed by atoms with Crippen LogP contribution in [0.3, 0.4) is 0 Å². The van der Waals surface area contributed by atoms with Gasteiger partial charge in [-0.3, -0.25) is 0 Å². The van der Waals surface area contributed by atoms with Crippen LogP contribution in [0.15, 0.2) is 53.4 Å². The van der Waals surface area contributed by atoms with Crippen LogP contribution in [0.25, 0.3) is 10.9 Å². The minimum Gasteiger partial charge on any atom is -0.457 e. The maximum Gasteiger partial charge on any atom is 0.338 e. The summed E-state index contributed by atoms with van der Waals surface area (Å²) in [6.07, 6.45) is 1.09. The number of aryl methyl sites for hydroxylation is 1. The first-order valence-corrected chi connectivity index (χ1v) is 10.0. The van der Waals surface area contributed by atoms with Crippen LogP contribution in [0.1, 0.15) is 21.5 Å². The number of para-hydroxylation sites is 1. The summed E-state index contributed by atoms with van der Waals surface area (Å²) in [6, 6.07) is 13.7. The second-order valence-corrected chi connectivity index (χ2v) is 8.33. The normalized spacial score (nSPS) is 11.5. The van der Waals surface area contributed by atoms with Crippen LogP contribution in [0.2, 0.25) is 5.15 Å². The summed E-state index contributed by atoms with van der Waals surface area (Å²) >= 11 is 6.17. The minimum atomic E-state index is -3.41. The van der Waals surface area contributed by atoms with Gasteiger partial charge in [-0.2, -0.15) is 0 Å². The number of hydrogen-bond donors (Lipinski definition) is 0. The van der Waals surface area contributed by atoms with Crippen molar-refractivity contribution in [3.8, 4) is 0 Å². The van der Waals surface area contributed by atoms with Gasteiger partial charge in [-0.05, 0) is 36.8 Å². The van der Waals surface area contributed by atoms with E-state index >= 15 is 0 Å². The number of esters is 1. The van der Waals surface area contributed by atoms with E-state index in [1.165, 1.54) is 12.1 Å². The standard InChI is InChI=1S/C19H16ClNO4S/c1-12-7-8-15(26(2,23)24)10-16(12)19(22)25-11-14-9-13-5-3-4-6-17(13)21-18(14)20/h3-10H,11H2,1-2H3. The zero-order chi connectivity index (χ0) is 18.9. The number of halogens is 1. The smallest absolute Gasteiger partial charge is 0.338 e. The number of carbonyl (C=O) groups is 1. The summed E-state index contributed by atoms with van der Waals surface area (Å²) in [7, 11) is -3.41. The molecule has 3 aromatic rings. The lowest BCUT2D eigenvalue weighted by molar-refractivity contribution is 0.0471. The van der Waals surface area contributed by atoms with Crippen LogP contribution < -0.4 is 0 Å². The molecule has 0 amide bonds. The molecule has 134 valence electrons. The number of carbonyl (C=O) groups excluding carboxylic acids is 1. The molecular weight excluding hydrogens is 374 g/mol. The van der Waals surface area contributed by atoms with Crippen molar-refractivity contribution in [2.24, 2.45) is 0 Å². The van der Waals surface area contributed by atoms with Gasteiger partial charge in [0.05, 0.1) is 16.0 Å². The molecule has 0 radical (unpaired) electrons. The predicted octanol–water partition coefficient (Wildman–Crippen LogP) is 3.96. The molecule has 0 N–H and O–H groups in total.